The molecule has 0 spiro atoms. The van der Waals surface area contributed by atoms with Crippen LogP contribution in [0.4, 0.5) is 4.39 Å². The van der Waals surface area contributed by atoms with Gasteiger partial charge >= 0.3 is 0 Å². The minimum absolute atomic E-state index is 0.0157. The maximum atomic E-state index is 13.9. The molecule has 0 aliphatic heterocycles. The number of primary amides is 1. The maximum Gasteiger partial charge on any atom is 0.254 e. The molecule has 5 heteroatoms. The van der Waals surface area contributed by atoms with Gasteiger partial charge in [-0.05, 0) is 44.2 Å². The Hall–Kier alpha value is -1.91. The number of halogens is 1. The van der Waals surface area contributed by atoms with E-state index in [0.717, 1.165) is 0 Å². The molecule has 4 nitrogen and oxygen atoms in total. The third-order valence-corrected chi connectivity index (χ3v) is 3.90. The molecule has 108 valence electrons. The molecular formula is C15H19FN2O2. The molecular weight excluding hydrogens is 259 g/mol. The van der Waals surface area contributed by atoms with Crippen LogP contribution in [0.3, 0.4) is 0 Å². The molecule has 2 amide bonds. The van der Waals surface area contributed by atoms with Crippen LogP contribution in [0.15, 0.2) is 18.2 Å². The van der Waals surface area contributed by atoms with Gasteiger partial charge in [0.15, 0.2) is 0 Å². The monoisotopic (exact) mass is 278 g/mol. The highest BCUT2D eigenvalue weighted by atomic mass is 19.1. The van der Waals surface area contributed by atoms with Gasteiger partial charge in [0.05, 0.1) is 5.56 Å². The van der Waals surface area contributed by atoms with Crippen molar-refractivity contribution in [2.45, 2.75) is 38.6 Å². The molecule has 1 saturated carbocycles. The first-order valence-electron chi connectivity index (χ1n) is 6.84. The normalized spacial score (nSPS) is 22.3. The summed E-state index contributed by atoms with van der Waals surface area (Å²) in [5.41, 5.74) is 5.79. The Morgan fingerprint density at radius 2 is 1.90 bits per heavy atom. The molecule has 3 N–H and O–H groups in total. The van der Waals surface area contributed by atoms with Crippen molar-refractivity contribution in [3.05, 3.63) is 35.1 Å². The van der Waals surface area contributed by atoms with Crippen molar-refractivity contribution in [3.63, 3.8) is 0 Å². The fourth-order valence-electron chi connectivity index (χ4n) is 2.61. The molecule has 0 heterocycles. The lowest BCUT2D eigenvalue weighted by Gasteiger charge is -2.27. The summed E-state index contributed by atoms with van der Waals surface area (Å²) in [5.74, 6) is -1.25. The van der Waals surface area contributed by atoms with E-state index in [-0.39, 0.29) is 23.4 Å². The summed E-state index contributed by atoms with van der Waals surface area (Å²) in [6, 6.07) is 4.76. The number of carbonyl (C=O) groups is 2. The van der Waals surface area contributed by atoms with E-state index >= 15 is 0 Å². The van der Waals surface area contributed by atoms with Crippen molar-refractivity contribution >= 4 is 11.8 Å². The summed E-state index contributed by atoms with van der Waals surface area (Å²) in [4.78, 5) is 23.1. The third kappa shape index (κ3) is 3.15. The number of nitrogens with one attached hydrogen (secondary N) is 1. The molecule has 20 heavy (non-hydrogen) atoms. The summed E-state index contributed by atoms with van der Waals surface area (Å²) in [6.07, 6.45) is 2.76. The number of aryl methyl sites for hydroxylation is 1. The molecule has 0 atom stereocenters. The standard InChI is InChI=1S/C15H19FN2O2/c1-9-3-2-4-12(13(9)16)15(20)18-11-7-5-10(6-8-11)14(17)19/h2-4,10-11H,5-8H2,1H3,(H2,17,19)(H,18,20). The van der Waals surface area contributed by atoms with E-state index in [4.69, 9.17) is 5.73 Å². The van der Waals surface area contributed by atoms with Crippen molar-refractivity contribution in [1.29, 1.82) is 0 Å². The Bertz CT molecular complexity index is 523. The Morgan fingerprint density at radius 1 is 1.25 bits per heavy atom. The van der Waals surface area contributed by atoms with Gasteiger partial charge in [0.1, 0.15) is 5.82 Å². The predicted octanol–water partition coefficient (Wildman–Crippen LogP) is 1.91. The number of hydrogen-bond donors (Lipinski definition) is 2. The van der Waals surface area contributed by atoms with Crippen LogP contribution in [0.5, 0.6) is 0 Å². The first kappa shape index (κ1) is 14.5. The highest BCUT2D eigenvalue weighted by Crippen LogP contribution is 2.24. The molecule has 1 aromatic rings. The van der Waals surface area contributed by atoms with Gasteiger partial charge in [-0.25, -0.2) is 4.39 Å². The second-order valence-electron chi connectivity index (χ2n) is 5.36. The van der Waals surface area contributed by atoms with Crippen molar-refractivity contribution in [1.82, 2.24) is 5.32 Å². The zero-order valence-corrected chi connectivity index (χ0v) is 11.5. The SMILES string of the molecule is Cc1cccc(C(=O)NC2CCC(C(N)=O)CC2)c1F. The maximum absolute atomic E-state index is 13.9. The molecule has 2 rings (SSSR count). The zero-order chi connectivity index (χ0) is 14.7. The lowest BCUT2D eigenvalue weighted by atomic mass is 9.85. The lowest BCUT2D eigenvalue weighted by Crippen LogP contribution is -2.40. The van der Waals surface area contributed by atoms with E-state index in [0.29, 0.717) is 31.2 Å². The lowest BCUT2D eigenvalue weighted by molar-refractivity contribution is -0.122. The molecule has 0 unspecified atom stereocenters. The largest absolute Gasteiger partial charge is 0.369 e. The Kier molecular flexibility index (Phi) is 4.37. The Morgan fingerprint density at radius 3 is 2.50 bits per heavy atom. The highest BCUT2D eigenvalue weighted by Gasteiger charge is 2.26. The molecule has 0 aromatic heterocycles. The van der Waals surface area contributed by atoms with Crippen LogP contribution in [-0.2, 0) is 4.79 Å². The van der Waals surface area contributed by atoms with Crippen molar-refractivity contribution in [2.24, 2.45) is 11.7 Å². The zero-order valence-electron chi connectivity index (χ0n) is 11.5. The van der Waals surface area contributed by atoms with Gasteiger partial charge in [-0.15, -0.1) is 0 Å². The van der Waals surface area contributed by atoms with Crippen LogP contribution >= 0.6 is 0 Å². The van der Waals surface area contributed by atoms with Crippen LogP contribution in [0.1, 0.15) is 41.6 Å². The Labute approximate surface area is 117 Å². The summed E-state index contributed by atoms with van der Waals surface area (Å²) in [7, 11) is 0. The van der Waals surface area contributed by atoms with Gasteiger partial charge in [0.25, 0.3) is 5.91 Å². The smallest absolute Gasteiger partial charge is 0.254 e. The number of amides is 2. The first-order valence-corrected chi connectivity index (χ1v) is 6.84. The van der Waals surface area contributed by atoms with E-state index in [9.17, 15) is 14.0 Å². The highest BCUT2D eigenvalue weighted by molar-refractivity contribution is 5.94. The molecule has 1 aliphatic rings. The molecule has 1 fully saturated rings. The summed E-state index contributed by atoms with van der Waals surface area (Å²) >= 11 is 0. The van der Waals surface area contributed by atoms with Gasteiger partial charge in [0, 0.05) is 12.0 Å². The molecule has 0 bridgehead atoms. The second-order valence-corrected chi connectivity index (χ2v) is 5.36. The summed E-state index contributed by atoms with van der Waals surface area (Å²) in [6.45, 7) is 1.63. The van der Waals surface area contributed by atoms with Crippen LogP contribution < -0.4 is 11.1 Å². The summed E-state index contributed by atoms with van der Waals surface area (Å²) < 4.78 is 13.9. The number of nitrogens with two attached hydrogens (primary N) is 1. The predicted molar refractivity (Wildman–Crippen MR) is 73.5 cm³/mol. The van der Waals surface area contributed by atoms with Crippen LogP contribution in [-0.4, -0.2) is 17.9 Å². The number of carbonyl (C=O) groups excluding carboxylic acids is 2. The molecule has 1 aliphatic carbocycles. The third-order valence-electron chi connectivity index (χ3n) is 3.90. The quantitative estimate of drug-likeness (QED) is 0.886. The molecule has 0 saturated heterocycles. The molecule has 0 radical (unpaired) electrons. The number of benzene rings is 1. The van der Waals surface area contributed by atoms with Crippen LogP contribution in [0.25, 0.3) is 0 Å². The van der Waals surface area contributed by atoms with E-state index in [1.54, 1.807) is 19.1 Å². The van der Waals surface area contributed by atoms with Gasteiger partial charge in [-0.1, -0.05) is 12.1 Å². The van der Waals surface area contributed by atoms with Crippen molar-refractivity contribution in [2.75, 3.05) is 0 Å². The van der Waals surface area contributed by atoms with E-state index in [2.05, 4.69) is 5.32 Å². The van der Waals surface area contributed by atoms with Crippen LogP contribution in [0, 0.1) is 18.7 Å². The van der Waals surface area contributed by atoms with E-state index < -0.39 is 11.7 Å². The fourth-order valence-corrected chi connectivity index (χ4v) is 2.61. The average Bonchev–Trinajstić information content (AvgIpc) is 2.42. The van der Waals surface area contributed by atoms with Crippen molar-refractivity contribution in [3.8, 4) is 0 Å². The van der Waals surface area contributed by atoms with Crippen molar-refractivity contribution < 1.29 is 14.0 Å². The number of rotatable bonds is 3. The summed E-state index contributed by atoms with van der Waals surface area (Å²) in [5, 5.41) is 2.83. The van der Waals surface area contributed by atoms with Crippen LogP contribution in [0.2, 0.25) is 0 Å². The van der Waals surface area contributed by atoms with Gasteiger partial charge in [-0.3, -0.25) is 9.59 Å². The number of hydrogen-bond acceptors (Lipinski definition) is 2. The van der Waals surface area contributed by atoms with E-state index in [1.165, 1.54) is 6.07 Å². The molecule has 1 aromatic carbocycles. The van der Waals surface area contributed by atoms with Gasteiger partial charge in [-0.2, -0.15) is 0 Å². The minimum Gasteiger partial charge on any atom is -0.369 e. The Balaban J connectivity index is 1.96. The second kappa shape index (κ2) is 6.03. The van der Waals surface area contributed by atoms with E-state index in [1.807, 2.05) is 0 Å². The average molecular weight is 278 g/mol. The topological polar surface area (TPSA) is 72.2 Å². The minimum atomic E-state index is -0.476. The first-order chi connectivity index (χ1) is 9.49. The fraction of sp³-hybridized carbons (Fsp3) is 0.467. The van der Waals surface area contributed by atoms with Gasteiger partial charge < -0.3 is 11.1 Å². The van der Waals surface area contributed by atoms with Gasteiger partial charge in [0.2, 0.25) is 5.91 Å².